The molecule has 1 aliphatic heterocycles. The summed E-state index contributed by atoms with van der Waals surface area (Å²) in [5.41, 5.74) is 0.196. The van der Waals surface area contributed by atoms with E-state index in [1.807, 2.05) is 6.92 Å². The molecule has 0 radical (unpaired) electrons. The number of rotatable bonds is 3. The summed E-state index contributed by atoms with van der Waals surface area (Å²) in [5.74, 6) is -0.0433. The maximum Gasteiger partial charge on any atom is 0.348 e. The van der Waals surface area contributed by atoms with Crippen LogP contribution in [0.4, 0.5) is 5.69 Å². The van der Waals surface area contributed by atoms with Gasteiger partial charge in [0.05, 0.1) is 11.3 Å². The van der Waals surface area contributed by atoms with E-state index in [-0.39, 0.29) is 29.1 Å². The Kier molecular flexibility index (Phi) is 3.83. The normalized spacial score (nSPS) is 15.8. The highest BCUT2D eigenvalue weighted by Crippen LogP contribution is 2.38. The number of ether oxygens (including phenoxy) is 2. The lowest BCUT2D eigenvalue weighted by atomic mass is 9.95. The van der Waals surface area contributed by atoms with Gasteiger partial charge >= 0.3 is 17.5 Å². The molecule has 0 N–H and O–H groups in total. The zero-order valence-electron chi connectivity index (χ0n) is 12.6. The van der Waals surface area contributed by atoms with E-state index in [2.05, 4.69) is 4.98 Å². The quantitative estimate of drug-likeness (QED) is 0.368. The van der Waals surface area contributed by atoms with Crippen LogP contribution in [0.25, 0.3) is 0 Å². The summed E-state index contributed by atoms with van der Waals surface area (Å²) in [7, 11) is 0. The number of nitrogens with zero attached hydrogens (tertiary/aromatic N) is 3. The molecule has 2 heterocycles. The summed E-state index contributed by atoms with van der Waals surface area (Å²) in [6, 6.07) is 7.80. The van der Waals surface area contributed by atoms with Gasteiger partial charge in [-0.05, 0) is 23.6 Å². The molecule has 1 aromatic carbocycles. The first-order valence-electron chi connectivity index (χ1n) is 7.05. The molecular weight excluding hydrogens is 314 g/mol. The van der Waals surface area contributed by atoms with Crippen LogP contribution >= 0.6 is 0 Å². The van der Waals surface area contributed by atoms with Gasteiger partial charge in [-0.15, -0.1) is 0 Å². The predicted octanol–water partition coefficient (Wildman–Crippen LogP) is 3.07. The number of carbonyl (C=O) groups is 1. The van der Waals surface area contributed by atoms with Gasteiger partial charge in [0.15, 0.2) is 0 Å². The van der Waals surface area contributed by atoms with E-state index in [9.17, 15) is 14.9 Å². The van der Waals surface area contributed by atoms with Crippen molar-refractivity contribution in [2.75, 3.05) is 0 Å². The van der Waals surface area contributed by atoms with Crippen LogP contribution < -0.4 is 9.47 Å². The molecule has 8 nitrogen and oxygen atoms in total. The molecule has 0 saturated carbocycles. The van der Waals surface area contributed by atoms with Crippen LogP contribution in [-0.4, -0.2) is 15.9 Å². The standard InChI is InChI=1S/C16H11N3O5/c1-9-6-14(20)24-13-7-11(2-3-12(9)13)23-16-15(19(21)22)10(8-17)4-5-18-16/h2-5,7,9H,6H2,1H3. The van der Waals surface area contributed by atoms with Crippen molar-refractivity contribution in [3.8, 4) is 23.4 Å². The number of hydrogen-bond donors (Lipinski definition) is 0. The topological polar surface area (TPSA) is 115 Å². The van der Waals surface area contributed by atoms with Crippen molar-refractivity contribution in [3.63, 3.8) is 0 Å². The molecule has 0 amide bonds. The lowest BCUT2D eigenvalue weighted by Crippen LogP contribution is -2.18. The number of nitro groups is 1. The molecule has 24 heavy (non-hydrogen) atoms. The number of benzene rings is 1. The predicted molar refractivity (Wildman–Crippen MR) is 80.8 cm³/mol. The first kappa shape index (κ1) is 15.4. The Balaban J connectivity index is 1.99. The van der Waals surface area contributed by atoms with Gasteiger partial charge in [0.2, 0.25) is 0 Å². The zero-order chi connectivity index (χ0) is 17.3. The van der Waals surface area contributed by atoms with Crippen LogP contribution in [0.15, 0.2) is 30.5 Å². The van der Waals surface area contributed by atoms with Crippen molar-refractivity contribution in [3.05, 3.63) is 51.7 Å². The molecule has 0 saturated heterocycles. The minimum atomic E-state index is -0.721. The number of hydrogen-bond acceptors (Lipinski definition) is 7. The maximum atomic E-state index is 11.5. The van der Waals surface area contributed by atoms with Crippen LogP contribution in [0.5, 0.6) is 17.4 Å². The molecule has 2 aromatic rings. The van der Waals surface area contributed by atoms with Crippen molar-refractivity contribution in [1.29, 1.82) is 5.26 Å². The summed E-state index contributed by atoms with van der Waals surface area (Å²) in [4.78, 5) is 25.8. The van der Waals surface area contributed by atoms with Gasteiger partial charge in [0.1, 0.15) is 23.1 Å². The molecule has 8 heteroatoms. The van der Waals surface area contributed by atoms with E-state index in [1.165, 1.54) is 18.3 Å². The van der Waals surface area contributed by atoms with E-state index >= 15 is 0 Å². The van der Waals surface area contributed by atoms with Gasteiger partial charge < -0.3 is 9.47 Å². The number of pyridine rings is 1. The summed E-state index contributed by atoms with van der Waals surface area (Å²) in [5, 5.41) is 20.2. The smallest absolute Gasteiger partial charge is 0.348 e. The van der Waals surface area contributed by atoms with Crippen LogP contribution in [0.1, 0.15) is 30.4 Å². The Morgan fingerprint density at radius 1 is 1.46 bits per heavy atom. The Hall–Kier alpha value is -3.47. The highest BCUT2D eigenvalue weighted by molar-refractivity contribution is 5.76. The number of esters is 1. The second kappa shape index (κ2) is 5.96. The molecule has 0 bridgehead atoms. The third-order valence-corrected chi connectivity index (χ3v) is 3.62. The lowest BCUT2D eigenvalue weighted by Gasteiger charge is -2.21. The highest BCUT2D eigenvalue weighted by Gasteiger charge is 2.26. The van der Waals surface area contributed by atoms with Crippen molar-refractivity contribution in [1.82, 2.24) is 4.98 Å². The largest absolute Gasteiger partial charge is 0.434 e. The molecular formula is C16H11N3O5. The molecule has 0 spiro atoms. The third kappa shape index (κ3) is 2.75. The first-order valence-corrected chi connectivity index (χ1v) is 7.05. The lowest BCUT2D eigenvalue weighted by molar-refractivity contribution is -0.386. The molecule has 1 unspecified atom stereocenters. The monoisotopic (exact) mass is 325 g/mol. The zero-order valence-corrected chi connectivity index (χ0v) is 12.6. The molecule has 3 rings (SSSR count). The van der Waals surface area contributed by atoms with E-state index in [0.29, 0.717) is 12.2 Å². The van der Waals surface area contributed by atoms with Gasteiger partial charge in [0, 0.05) is 12.3 Å². The summed E-state index contributed by atoms with van der Waals surface area (Å²) in [6.07, 6.45) is 1.55. The summed E-state index contributed by atoms with van der Waals surface area (Å²) < 4.78 is 10.6. The summed E-state index contributed by atoms with van der Waals surface area (Å²) in [6.45, 7) is 1.91. The Bertz CT molecular complexity index is 888. The van der Waals surface area contributed by atoms with Crippen molar-refractivity contribution in [2.45, 2.75) is 19.3 Å². The number of aromatic nitrogens is 1. The average molecular weight is 325 g/mol. The minimum Gasteiger partial charge on any atom is -0.434 e. The van der Waals surface area contributed by atoms with E-state index in [0.717, 1.165) is 5.56 Å². The fraction of sp³-hybridized carbons (Fsp3) is 0.188. The molecule has 120 valence electrons. The molecule has 1 atom stereocenters. The number of fused-ring (bicyclic) bond motifs is 1. The average Bonchev–Trinajstić information content (AvgIpc) is 2.53. The van der Waals surface area contributed by atoms with Crippen LogP contribution in [0.3, 0.4) is 0 Å². The first-order chi connectivity index (χ1) is 11.5. The Morgan fingerprint density at radius 2 is 2.25 bits per heavy atom. The van der Waals surface area contributed by atoms with Gasteiger partial charge in [-0.1, -0.05) is 13.0 Å². The highest BCUT2D eigenvalue weighted by atomic mass is 16.6. The fourth-order valence-corrected chi connectivity index (χ4v) is 2.49. The number of carbonyl (C=O) groups excluding carboxylic acids is 1. The van der Waals surface area contributed by atoms with E-state index in [4.69, 9.17) is 14.7 Å². The van der Waals surface area contributed by atoms with Crippen LogP contribution in [0, 0.1) is 21.4 Å². The van der Waals surface area contributed by atoms with Gasteiger partial charge in [-0.25, -0.2) is 4.98 Å². The minimum absolute atomic E-state index is 0.0182. The molecule has 0 aliphatic carbocycles. The van der Waals surface area contributed by atoms with Crippen molar-refractivity contribution < 1.29 is 19.2 Å². The molecule has 1 aliphatic rings. The van der Waals surface area contributed by atoms with E-state index in [1.54, 1.807) is 18.2 Å². The molecule has 0 fully saturated rings. The Labute approximate surface area is 136 Å². The van der Waals surface area contributed by atoms with Crippen LogP contribution in [0.2, 0.25) is 0 Å². The summed E-state index contributed by atoms with van der Waals surface area (Å²) >= 11 is 0. The van der Waals surface area contributed by atoms with E-state index < -0.39 is 10.6 Å². The van der Waals surface area contributed by atoms with Crippen molar-refractivity contribution >= 4 is 11.7 Å². The maximum absolute atomic E-state index is 11.5. The van der Waals surface area contributed by atoms with Crippen molar-refractivity contribution in [2.24, 2.45) is 0 Å². The van der Waals surface area contributed by atoms with Gasteiger partial charge in [-0.3, -0.25) is 14.9 Å². The Morgan fingerprint density at radius 3 is 2.96 bits per heavy atom. The second-order valence-corrected chi connectivity index (χ2v) is 5.26. The fourth-order valence-electron chi connectivity index (χ4n) is 2.49. The molecule has 1 aromatic heterocycles. The van der Waals surface area contributed by atoms with Gasteiger partial charge in [-0.2, -0.15) is 5.26 Å². The van der Waals surface area contributed by atoms with Crippen LogP contribution in [-0.2, 0) is 4.79 Å². The third-order valence-electron chi connectivity index (χ3n) is 3.62. The number of nitriles is 1. The second-order valence-electron chi connectivity index (χ2n) is 5.26. The van der Waals surface area contributed by atoms with Gasteiger partial charge in [0.25, 0.3) is 0 Å². The SMILES string of the molecule is CC1CC(=O)Oc2cc(Oc3nccc(C#N)c3[N+](=O)[O-])ccc21.